The largest absolute Gasteiger partial charge is 0.467 e. The number of hydrogen-bond acceptors (Lipinski definition) is 3. The maximum atomic E-state index is 6.30. The lowest BCUT2D eigenvalue weighted by Crippen LogP contribution is -2.75. The van der Waals surface area contributed by atoms with E-state index in [0.29, 0.717) is 5.84 Å². The molecule has 18 heteroatoms. The van der Waals surface area contributed by atoms with Crippen LogP contribution >= 0.6 is 0 Å². The number of hydrogen-bond donors (Lipinski definition) is 1. The highest BCUT2D eigenvalue weighted by atomic mass is 16.7. The molecule has 0 saturated heterocycles. The van der Waals surface area contributed by atoms with Crippen LogP contribution in [0.4, 0.5) is 0 Å². The monoisotopic (exact) mass is 387 g/mol. The van der Waals surface area contributed by atoms with Gasteiger partial charge in [0.1, 0.15) is 62.8 Å². The smallest absolute Gasteiger partial charge is 0.197 e. The lowest BCUT2D eigenvalue weighted by atomic mass is 9.13. The van der Waals surface area contributed by atoms with E-state index in [-0.39, 0.29) is 21.0 Å². The van der Waals surface area contributed by atoms with Gasteiger partial charge in [0.2, 0.25) is 0 Å². The van der Waals surface area contributed by atoms with Gasteiger partial charge in [-0.25, -0.2) is 0 Å². The van der Waals surface area contributed by atoms with Crippen LogP contribution in [0.5, 0.6) is 11.5 Å². The first-order valence-electron chi connectivity index (χ1n) is 11.5. The fourth-order valence-electron chi connectivity index (χ4n) is 5.51. The molecule has 1 unspecified atom stereocenters. The zero-order valence-electron chi connectivity index (χ0n) is 22.4. The number of ether oxygens (including phenoxy) is 2. The van der Waals surface area contributed by atoms with Gasteiger partial charge in [0.25, 0.3) is 0 Å². The molecule has 3 nitrogen and oxygen atoms in total. The van der Waals surface area contributed by atoms with Gasteiger partial charge in [0, 0.05) is 0 Å². The minimum Gasteiger partial charge on any atom is -0.467 e. The van der Waals surface area contributed by atoms with E-state index in [4.69, 9.17) is 9.47 Å². The lowest BCUT2D eigenvalue weighted by molar-refractivity contribution is 0.0844. The summed E-state index contributed by atoms with van der Waals surface area (Å²) in [5, 5.41) is 3.96. The van der Waals surface area contributed by atoms with E-state index in [1.54, 1.807) is 0 Å². The maximum absolute atomic E-state index is 6.30. The Morgan fingerprint density at radius 1 is 0.733 bits per heavy atom. The molecule has 1 heterocycles. The van der Waals surface area contributed by atoms with Crippen LogP contribution in [-0.2, 0) is 5.21 Å². The van der Waals surface area contributed by atoms with Gasteiger partial charge in [0.05, 0.1) is 39.2 Å². The summed E-state index contributed by atoms with van der Waals surface area (Å²) >= 11 is 0. The van der Waals surface area contributed by atoms with Gasteiger partial charge in [-0.05, 0) is 16.4 Å². The maximum Gasteiger partial charge on any atom is 0.197 e. The number of nitrogens with one attached hydrogen (secondary N) is 1. The Balaban J connectivity index is 2.86. The molecule has 0 aliphatic carbocycles. The van der Waals surface area contributed by atoms with Crippen molar-refractivity contribution in [3.05, 3.63) is 5.56 Å². The number of rotatable bonds is 6. The van der Waals surface area contributed by atoms with Gasteiger partial charge in [-0.2, -0.15) is 0 Å². The molecule has 30 heavy (non-hydrogen) atoms. The lowest BCUT2D eigenvalue weighted by Gasteiger charge is -2.63. The summed E-state index contributed by atoms with van der Waals surface area (Å²) in [5.74, 6) is 2.18. The van der Waals surface area contributed by atoms with Crippen molar-refractivity contribution in [1.29, 1.82) is 0 Å². The minimum absolute atomic E-state index is 0.00377. The Morgan fingerprint density at radius 3 is 1.57 bits per heavy atom. The molecule has 1 aromatic rings. The van der Waals surface area contributed by atoms with Gasteiger partial charge in [0.15, 0.2) is 32.8 Å². The molecule has 0 bridgehead atoms. The van der Waals surface area contributed by atoms with Crippen molar-refractivity contribution in [2.75, 3.05) is 0 Å². The third-order valence-corrected chi connectivity index (χ3v) is 8.47. The summed E-state index contributed by atoms with van der Waals surface area (Å²) < 4.78 is 12.5. The van der Waals surface area contributed by atoms with E-state index in [1.807, 2.05) is 15.7 Å². The highest BCUT2D eigenvalue weighted by molar-refractivity contribution is 6.69. The molecule has 1 atom stereocenters. The van der Waals surface area contributed by atoms with Crippen LogP contribution in [0.1, 0.15) is 5.56 Å². The molecule has 0 spiro atoms. The summed E-state index contributed by atoms with van der Waals surface area (Å²) in [4.78, 5) is 0. The van der Waals surface area contributed by atoms with Crippen LogP contribution in [0.3, 0.4) is 0 Å². The molecule has 1 aliphatic heterocycles. The summed E-state index contributed by atoms with van der Waals surface area (Å²) in [6.45, 7) is 0. The molecule has 142 valence electrons. The van der Waals surface area contributed by atoms with E-state index in [2.05, 4.69) is 107 Å². The van der Waals surface area contributed by atoms with Crippen LogP contribution in [0.2, 0.25) is 10.3 Å². The normalized spacial score (nSPS) is 18.2. The average Bonchev–Trinajstić information content (AvgIpc) is 2.86. The second-order valence-electron chi connectivity index (χ2n) is 12.4. The quantitative estimate of drug-likeness (QED) is 0.494. The van der Waals surface area contributed by atoms with Crippen molar-refractivity contribution in [2.24, 2.45) is 0 Å². The second-order valence-corrected chi connectivity index (χ2v) is 12.4. The molecule has 1 aliphatic rings. The molecule has 1 N–H and O–H groups in total. The number of fused-ring (bicyclic) bond motifs is 1. The minimum atomic E-state index is -0.628. The number of benzene rings is 1. The summed E-state index contributed by atoms with van der Waals surface area (Å²) in [6, 6.07) is 0. The van der Waals surface area contributed by atoms with Crippen molar-refractivity contribution < 1.29 is 9.47 Å². The van der Waals surface area contributed by atoms with Crippen LogP contribution in [0.15, 0.2) is 0 Å². The first-order valence-corrected chi connectivity index (χ1v) is 11.5. The molecule has 1 aromatic carbocycles. The van der Waals surface area contributed by atoms with Crippen molar-refractivity contribution in [2.45, 2.75) is 32.4 Å². The fraction of sp³-hybridized carbons (Fsp3) is 0.500. The second kappa shape index (κ2) is 7.67. The highest BCUT2D eigenvalue weighted by Crippen LogP contribution is 2.52. The topological polar surface area (TPSA) is 30.5 Å². The molecule has 0 fully saturated rings. The standard InChI is InChI=1S/C12H32B15NO2/c13-2-1(3(14)5-6(4(2)15)30-12(26,27)29-5)8(18,19)10(22,28-7(16)17)9(20,21)11(23,24)25/h7,28H,13-27H2. The van der Waals surface area contributed by atoms with Crippen molar-refractivity contribution in [1.82, 2.24) is 5.32 Å². The fourth-order valence-corrected chi connectivity index (χ4v) is 5.51. The Labute approximate surface area is 198 Å². The zero-order valence-corrected chi connectivity index (χ0v) is 22.4. The van der Waals surface area contributed by atoms with E-state index < -0.39 is 5.59 Å². The highest BCUT2D eigenvalue weighted by Gasteiger charge is 2.55. The van der Waals surface area contributed by atoms with E-state index >= 15 is 0 Å². The van der Waals surface area contributed by atoms with Gasteiger partial charge < -0.3 is 14.8 Å². The predicted octanol–water partition coefficient (Wildman–Crippen LogP) is -15.6. The first-order chi connectivity index (χ1) is 13.2. The van der Waals surface area contributed by atoms with Gasteiger partial charge >= 0.3 is 0 Å². The average molecular weight is 385 g/mol. The SMILES string of the molecule is Bc1c(B)c(C(B)(B)C(B)(NC(B)B)C(B)(B)C(B)(B)B)c(B)c2c1OC(B)(B)O2. The van der Waals surface area contributed by atoms with E-state index in [1.165, 1.54) is 22.0 Å². The first kappa shape index (κ1) is 26.0. The molecule has 0 radical (unpaired) electrons. The zero-order chi connectivity index (χ0) is 23.7. The molecule has 0 saturated carbocycles. The summed E-state index contributed by atoms with van der Waals surface area (Å²) in [6.07, 6.45) is 0. The van der Waals surface area contributed by atoms with Crippen molar-refractivity contribution in [3.63, 3.8) is 0 Å². The Morgan fingerprint density at radius 2 is 1.17 bits per heavy atom. The summed E-state index contributed by atoms with van der Waals surface area (Å²) in [7, 11) is 34.2. The Kier molecular flexibility index (Phi) is 6.65. The van der Waals surface area contributed by atoms with Crippen LogP contribution < -0.4 is 31.2 Å². The van der Waals surface area contributed by atoms with Gasteiger partial charge in [-0.15, -0.1) is 5.11 Å². The Bertz CT molecular complexity index is 851. The Hall–Kier alpha value is -0.246. The molecular weight excluding hydrogens is 352 g/mol. The van der Waals surface area contributed by atoms with Crippen LogP contribution in [0.25, 0.3) is 0 Å². The molecule has 0 amide bonds. The molecular formula is C12H32B15NO2. The predicted molar refractivity (Wildman–Crippen MR) is 174 cm³/mol. The van der Waals surface area contributed by atoms with Crippen LogP contribution in [-0.4, -0.2) is 135 Å². The van der Waals surface area contributed by atoms with Gasteiger partial charge in [-0.3, -0.25) is 0 Å². The van der Waals surface area contributed by atoms with Crippen molar-refractivity contribution >= 4 is 134 Å². The summed E-state index contributed by atoms with van der Waals surface area (Å²) in [5.41, 5.74) is 4.25. The van der Waals surface area contributed by atoms with E-state index in [0.717, 1.165) is 11.5 Å². The third kappa shape index (κ3) is 3.86. The van der Waals surface area contributed by atoms with Crippen LogP contribution in [0, 0.1) is 0 Å². The third-order valence-electron chi connectivity index (χ3n) is 8.47. The molecule has 2 rings (SSSR count). The molecule has 0 aromatic heterocycles. The van der Waals surface area contributed by atoms with Gasteiger partial charge in [-0.1, -0.05) is 27.3 Å². The van der Waals surface area contributed by atoms with Crippen molar-refractivity contribution in [3.8, 4) is 11.5 Å². The van der Waals surface area contributed by atoms with E-state index in [9.17, 15) is 0 Å².